The zero-order valence-electron chi connectivity index (χ0n) is 10.4. The second-order valence-corrected chi connectivity index (χ2v) is 4.71. The predicted molar refractivity (Wildman–Crippen MR) is 70.0 cm³/mol. The van der Waals surface area contributed by atoms with Crippen molar-refractivity contribution in [2.24, 2.45) is 0 Å². The summed E-state index contributed by atoms with van der Waals surface area (Å²) < 4.78 is 0. The van der Waals surface area contributed by atoms with E-state index in [2.05, 4.69) is 5.32 Å². The highest BCUT2D eigenvalue weighted by atomic mass is 16.2. The normalized spacial score (nSPS) is 14.5. The Kier molecular flexibility index (Phi) is 3.22. The van der Waals surface area contributed by atoms with E-state index in [1.165, 1.54) is 0 Å². The minimum atomic E-state index is 0.0673. The molecule has 1 fully saturated rings. The summed E-state index contributed by atoms with van der Waals surface area (Å²) in [5, 5.41) is 2.97. The summed E-state index contributed by atoms with van der Waals surface area (Å²) in [7, 11) is 1.89. The number of nitrogens with two attached hydrogens (primary N) is 1. The average molecular weight is 233 g/mol. The van der Waals surface area contributed by atoms with Gasteiger partial charge in [0.15, 0.2) is 0 Å². The molecule has 0 radical (unpaired) electrons. The Morgan fingerprint density at radius 3 is 2.82 bits per heavy atom. The number of nitrogens with zero attached hydrogens (tertiary/aromatic N) is 1. The van der Waals surface area contributed by atoms with E-state index >= 15 is 0 Å². The zero-order chi connectivity index (χ0) is 12.4. The molecule has 1 aromatic rings. The number of hydrogen-bond donors (Lipinski definition) is 2. The number of rotatable bonds is 4. The highest BCUT2D eigenvalue weighted by Crippen LogP contribution is 2.26. The fourth-order valence-corrected chi connectivity index (χ4v) is 2.00. The van der Waals surface area contributed by atoms with Gasteiger partial charge in [0.1, 0.15) is 0 Å². The van der Waals surface area contributed by atoms with Crippen molar-refractivity contribution >= 4 is 17.3 Å². The molecule has 0 bridgehead atoms. The van der Waals surface area contributed by atoms with E-state index in [1.807, 2.05) is 37.1 Å². The molecular formula is C13H19N3O. The van der Waals surface area contributed by atoms with Crippen molar-refractivity contribution in [3.63, 3.8) is 0 Å². The molecular weight excluding hydrogens is 214 g/mol. The Hall–Kier alpha value is -1.71. The van der Waals surface area contributed by atoms with E-state index in [0.717, 1.165) is 24.1 Å². The first-order valence-electron chi connectivity index (χ1n) is 5.93. The summed E-state index contributed by atoms with van der Waals surface area (Å²) in [5.74, 6) is 0.0673. The number of anilines is 2. The van der Waals surface area contributed by atoms with E-state index < -0.39 is 0 Å². The Balaban J connectivity index is 2.02. The molecule has 4 heteroatoms. The largest absolute Gasteiger partial charge is 0.397 e. The molecule has 0 saturated heterocycles. The predicted octanol–water partition coefficient (Wildman–Crippen LogP) is 1.29. The molecule has 1 aromatic carbocycles. The van der Waals surface area contributed by atoms with Crippen LogP contribution in [0.3, 0.4) is 0 Å². The summed E-state index contributed by atoms with van der Waals surface area (Å²) in [6.45, 7) is 2.35. The molecule has 17 heavy (non-hydrogen) atoms. The van der Waals surface area contributed by atoms with Gasteiger partial charge in [-0.25, -0.2) is 0 Å². The van der Waals surface area contributed by atoms with Crippen LogP contribution in [-0.2, 0) is 4.79 Å². The second kappa shape index (κ2) is 4.65. The molecule has 1 saturated carbocycles. The maximum absolute atomic E-state index is 11.7. The van der Waals surface area contributed by atoms with Gasteiger partial charge in [-0.05, 0) is 31.4 Å². The van der Waals surface area contributed by atoms with Gasteiger partial charge in [-0.3, -0.25) is 4.79 Å². The van der Waals surface area contributed by atoms with Gasteiger partial charge >= 0.3 is 0 Å². The number of aryl methyl sites for hydroxylation is 1. The van der Waals surface area contributed by atoms with Gasteiger partial charge in [-0.1, -0.05) is 12.1 Å². The van der Waals surface area contributed by atoms with Crippen molar-refractivity contribution in [2.75, 3.05) is 24.2 Å². The lowest BCUT2D eigenvalue weighted by molar-refractivity contribution is -0.119. The minimum absolute atomic E-state index is 0.0673. The Morgan fingerprint density at radius 2 is 2.24 bits per heavy atom. The molecule has 0 aliphatic heterocycles. The maximum Gasteiger partial charge on any atom is 0.239 e. The van der Waals surface area contributed by atoms with Crippen LogP contribution in [0.15, 0.2) is 18.2 Å². The number of nitrogens with one attached hydrogen (secondary N) is 1. The van der Waals surface area contributed by atoms with Crippen LogP contribution in [0.25, 0.3) is 0 Å². The maximum atomic E-state index is 11.7. The van der Waals surface area contributed by atoms with Gasteiger partial charge in [-0.2, -0.15) is 0 Å². The van der Waals surface area contributed by atoms with Crippen LogP contribution >= 0.6 is 0 Å². The molecule has 0 spiro atoms. The molecule has 0 atom stereocenters. The fourth-order valence-electron chi connectivity index (χ4n) is 2.00. The van der Waals surface area contributed by atoms with Crippen molar-refractivity contribution in [3.8, 4) is 0 Å². The third kappa shape index (κ3) is 2.90. The van der Waals surface area contributed by atoms with Crippen molar-refractivity contribution in [1.82, 2.24) is 5.32 Å². The summed E-state index contributed by atoms with van der Waals surface area (Å²) in [6, 6.07) is 6.19. The van der Waals surface area contributed by atoms with Crippen LogP contribution in [-0.4, -0.2) is 25.5 Å². The fraction of sp³-hybridized carbons (Fsp3) is 0.462. The second-order valence-electron chi connectivity index (χ2n) is 4.71. The van der Waals surface area contributed by atoms with Crippen LogP contribution < -0.4 is 16.0 Å². The molecule has 1 amide bonds. The first-order valence-corrected chi connectivity index (χ1v) is 5.93. The lowest BCUT2D eigenvalue weighted by Gasteiger charge is -2.22. The standard InChI is InChI=1S/C13H19N3O/c1-9-4-3-5-11(14)13(9)16(2)8-12(17)15-10-6-7-10/h3-5,10H,6-8,14H2,1-2H3,(H,15,17). The minimum Gasteiger partial charge on any atom is -0.397 e. The third-order valence-corrected chi connectivity index (χ3v) is 2.97. The number of carbonyl (C=O) groups excluding carboxylic acids is 1. The lowest BCUT2D eigenvalue weighted by Crippen LogP contribution is -2.36. The van der Waals surface area contributed by atoms with Crippen LogP contribution in [0.1, 0.15) is 18.4 Å². The Bertz CT molecular complexity index is 406. The molecule has 92 valence electrons. The van der Waals surface area contributed by atoms with E-state index in [1.54, 1.807) is 0 Å². The van der Waals surface area contributed by atoms with Crippen LogP contribution in [0, 0.1) is 6.92 Å². The highest BCUT2D eigenvalue weighted by molar-refractivity contribution is 5.84. The van der Waals surface area contributed by atoms with Crippen molar-refractivity contribution in [2.45, 2.75) is 25.8 Å². The first-order chi connectivity index (χ1) is 8.08. The lowest BCUT2D eigenvalue weighted by atomic mass is 10.1. The Labute approximate surface area is 102 Å². The van der Waals surface area contributed by atoms with Gasteiger partial charge in [0, 0.05) is 13.1 Å². The molecule has 0 aromatic heterocycles. The molecule has 0 heterocycles. The molecule has 0 unspecified atom stereocenters. The average Bonchev–Trinajstić information content (AvgIpc) is 3.00. The highest BCUT2D eigenvalue weighted by Gasteiger charge is 2.23. The summed E-state index contributed by atoms with van der Waals surface area (Å²) in [5.41, 5.74) is 8.69. The quantitative estimate of drug-likeness (QED) is 0.770. The van der Waals surface area contributed by atoms with E-state index in [0.29, 0.717) is 18.3 Å². The summed E-state index contributed by atoms with van der Waals surface area (Å²) in [4.78, 5) is 13.6. The molecule has 1 aliphatic carbocycles. The molecule has 1 aliphatic rings. The number of benzene rings is 1. The van der Waals surface area contributed by atoms with Crippen LogP contribution in [0.5, 0.6) is 0 Å². The smallest absolute Gasteiger partial charge is 0.239 e. The number of hydrogen-bond acceptors (Lipinski definition) is 3. The Morgan fingerprint density at radius 1 is 1.53 bits per heavy atom. The van der Waals surface area contributed by atoms with Gasteiger partial charge in [-0.15, -0.1) is 0 Å². The van der Waals surface area contributed by atoms with Gasteiger partial charge in [0.25, 0.3) is 0 Å². The van der Waals surface area contributed by atoms with Crippen LogP contribution in [0.2, 0.25) is 0 Å². The summed E-state index contributed by atoms with van der Waals surface area (Å²) in [6.07, 6.45) is 2.23. The van der Waals surface area contributed by atoms with E-state index in [-0.39, 0.29) is 5.91 Å². The monoisotopic (exact) mass is 233 g/mol. The third-order valence-electron chi connectivity index (χ3n) is 2.97. The number of amides is 1. The zero-order valence-corrected chi connectivity index (χ0v) is 10.4. The van der Waals surface area contributed by atoms with E-state index in [9.17, 15) is 4.79 Å². The van der Waals surface area contributed by atoms with E-state index in [4.69, 9.17) is 5.73 Å². The number of likely N-dealkylation sites (N-methyl/N-ethyl adjacent to an activating group) is 1. The van der Waals surface area contributed by atoms with Crippen molar-refractivity contribution in [3.05, 3.63) is 23.8 Å². The molecule has 4 nitrogen and oxygen atoms in total. The SMILES string of the molecule is Cc1cccc(N)c1N(C)CC(=O)NC1CC1. The van der Waals surface area contributed by atoms with Crippen molar-refractivity contribution < 1.29 is 4.79 Å². The number of nitrogen functional groups attached to an aromatic ring is 1. The number of carbonyl (C=O) groups is 1. The first kappa shape index (κ1) is 11.8. The summed E-state index contributed by atoms with van der Waals surface area (Å²) >= 11 is 0. The van der Waals surface area contributed by atoms with Gasteiger partial charge < -0.3 is 16.0 Å². The van der Waals surface area contributed by atoms with Gasteiger partial charge in [0.05, 0.1) is 17.9 Å². The van der Waals surface area contributed by atoms with Crippen molar-refractivity contribution in [1.29, 1.82) is 0 Å². The molecule has 3 N–H and O–H groups in total. The molecule has 2 rings (SSSR count). The van der Waals surface area contributed by atoms with Crippen LogP contribution in [0.4, 0.5) is 11.4 Å². The topological polar surface area (TPSA) is 58.4 Å². The van der Waals surface area contributed by atoms with Gasteiger partial charge in [0.2, 0.25) is 5.91 Å². The number of para-hydroxylation sites is 1.